The largest absolute Gasteiger partial charge is 0.478 e. The fourth-order valence-corrected chi connectivity index (χ4v) is 3.62. The van der Waals surface area contributed by atoms with Crippen molar-refractivity contribution in [2.75, 3.05) is 6.61 Å². The van der Waals surface area contributed by atoms with E-state index in [9.17, 15) is 9.59 Å². The van der Waals surface area contributed by atoms with Crippen LogP contribution in [0, 0.1) is 27.7 Å². The van der Waals surface area contributed by atoms with E-state index < -0.39 is 0 Å². The first kappa shape index (κ1) is 21.8. The quantitative estimate of drug-likeness (QED) is 0.324. The number of rotatable bonds is 5. The van der Waals surface area contributed by atoms with Gasteiger partial charge in [-0.3, -0.25) is 9.59 Å². The van der Waals surface area contributed by atoms with E-state index in [-0.39, 0.29) is 29.3 Å². The summed E-state index contributed by atoms with van der Waals surface area (Å²) in [5.41, 5.74) is 5.45. The van der Waals surface area contributed by atoms with E-state index in [0.717, 1.165) is 22.3 Å². The van der Waals surface area contributed by atoms with Crippen molar-refractivity contribution in [2.24, 2.45) is 0 Å². The molecule has 1 heterocycles. The van der Waals surface area contributed by atoms with E-state index in [1.807, 2.05) is 45.9 Å². The first-order valence-corrected chi connectivity index (χ1v) is 10.7. The molecule has 0 aliphatic carbocycles. The van der Waals surface area contributed by atoms with Gasteiger partial charge in [0.15, 0.2) is 18.2 Å². The number of Topliss-reactive ketones (excluding diaryl/α,β-unsaturated/α-hetero) is 1. The molecule has 0 fully saturated rings. The Labute approximate surface area is 191 Å². The Morgan fingerprint density at radius 3 is 2.22 bits per heavy atom. The second-order valence-corrected chi connectivity index (χ2v) is 8.48. The van der Waals surface area contributed by atoms with Crippen LogP contribution in [0.25, 0.3) is 22.3 Å². The molecule has 0 amide bonds. The Kier molecular flexibility index (Phi) is 5.90. The Morgan fingerprint density at radius 2 is 1.53 bits per heavy atom. The van der Waals surface area contributed by atoms with Gasteiger partial charge in [-0.1, -0.05) is 23.7 Å². The summed E-state index contributed by atoms with van der Waals surface area (Å²) in [4.78, 5) is 26.2. The Bertz CT molecular complexity index is 1400. The number of carbonyl (C=O) groups is 1. The zero-order chi connectivity index (χ0) is 23.0. The molecule has 4 nitrogen and oxygen atoms in total. The number of ether oxygens (including phenoxy) is 1. The van der Waals surface area contributed by atoms with Crippen LogP contribution in [-0.2, 0) is 0 Å². The highest BCUT2D eigenvalue weighted by Gasteiger charge is 2.20. The van der Waals surface area contributed by atoms with Crippen LogP contribution < -0.4 is 10.2 Å². The van der Waals surface area contributed by atoms with E-state index in [1.165, 1.54) is 0 Å². The van der Waals surface area contributed by atoms with Gasteiger partial charge in [0.1, 0.15) is 5.58 Å². The third-order valence-corrected chi connectivity index (χ3v) is 6.00. The van der Waals surface area contributed by atoms with Crippen LogP contribution in [0.1, 0.15) is 32.6 Å². The van der Waals surface area contributed by atoms with Crippen LogP contribution in [0.15, 0.2) is 63.8 Å². The summed E-state index contributed by atoms with van der Waals surface area (Å²) >= 11 is 6.03. The molecule has 0 N–H and O–H groups in total. The number of benzene rings is 3. The Hall–Kier alpha value is -3.37. The zero-order valence-corrected chi connectivity index (χ0v) is 19.2. The van der Waals surface area contributed by atoms with Crippen LogP contribution in [0.5, 0.6) is 5.75 Å². The van der Waals surface area contributed by atoms with Gasteiger partial charge in [-0.25, -0.2) is 0 Å². The highest BCUT2D eigenvalue weighted by molar-refractivity contribution is 6.30. The first-order valence-electron chi connectivity index (χ1n) is 10.3. The summed E-state index contributed by atoms with van der Waals surface area (Å²) < 4.78 is 12.0. The predicted octanol–water partition coefficient (Wildman–Crippen LogP) is 6.61. The maximum Gasteiger partial charge on any atom is 0.235 e. The maximum atomic E-state index is 13.4. The van der Waals surface area contributed by atoms with Gasteiger partial charge in [0, 0.05) is 16.1 Å². The lowest BCUT2D eigenvalue weighted by molar-refractivity contribution is 0.0920. The number of carbonyl (C=O) groups excluding carboxylic acids is 1. The molecular formula is C27H23ClO4. The van der Waals surface area contributed by atoms with Crippen molar-refractivity contribution in [1.82, 2.24) is 0 Å². The lowest BCUT2D eigenvalue weighted by Gasteiger charge is -2.13. The number of fused-ring (bicyclic) bond motifs is 1. The summed E-state index contributed by atoms with van der Waals surface area (Å²) in [6.45, 7) is 7.56. The van der Waals surface area contributed by atoms with Crippen LogP contribution in [0.2, 0.25) is 5.02 Å². The van der Waals surface area contributed by atoms with Crippen molar-refractivity contribution in [2.45, 2.75) is 27.7 Å². The lowest BCUT2D eigenvalue weighted by Crippen LogP contribution is -2.17. The number of hydrogen-bond acceptors (Lipinski definition) is 4. The number of aryl methyl sites for hydroxylation is 4. The summed E-state index contributed by atoms with van der Waals surface area (Å²) in [5.74, 6) is 0.0744. The molecule has 0 aliphatic rings. The standard InChI is InChI=1S/C27H23ClO4/c1-15-5-6-20(11-16(15)2)23(29)14-31-27-25(30)22-12-17(3)18(4)13-24(22)32-26(27)19-7-9-21(28)10-8-19/h5-13H,14H2,1-4H3. The van der Waals surface area contributed by atoms with E-state index in [1.54, 1.807) is 36.4 Å². The van der Waals surface area contributed by atoms with E-state index in [0.29, 0.717) is 27.1 Å². The summed E-state index contributed by atoms with van der Waals surface area (Å²) in [6, 6.07) is 16.1. The molecule has 0 unspecified atom stereocenters. The number of halogens is 1. The van der Waals surface area contributed by atoms with Gasteiger partial charge in [0.05, 0.1) is 5.39 Å². The van der Waals surface area contributed by atoms with Crippen LogP contribution >= 0.6 is 11.6 Å². The van der Waals surface area contributed by atoms with E-state index in [4.69, 9.17) is 20.8 Å². The molecule has 0 bridgehead atoms. The van der Waals surface area contributed by atoms with Gasteiger partial charge in [0.25, 0.3) is 0 Å². The van der Waals surface area contributed by atoms with Crippen molar-refractivity contribution >= 4 is 28.4 Å². The Morgan fingerprint density at radius 1 is 0.875 bits per heavy atom. The highest BCUT2D eigenvalue weighted by atomic mass is 35.5. The third kappa shape index (κ3) is 4.19. The monoisotopic (exact) mass is 446 g/mol. The Balaban J connectivity index is 1.79. The smallest absolute Gasteiger partial charge is 0.235 e. The second-order valence-electron chi connectivity index (χ2n) is 8.04. The molecule has 4 aromatic rings. The fraction of sp³-hybridized carbons (Fsp3) is 0.185. The minimum atomic E-state index is -0.313. The van der Waals surface area contributed by atoms with Gasteiger partial charge < -0.3 is 9.15 Å². The summed E-state index contributed by atoms with van der Waals surface area (Å²) in [6.07, 6.45) is 0. The zero-order valence-electron chi connectivity index (χ0n) is 18.4. The van der Waals surface area contributed by atoms with Crippen LogP contribution in [0.3, 0.4) is 0 Å². The second kappa shape index (κ2) is 8.64. The average Bonchev–Trinajstić information content (AvgIpc) is 2.76. The van der Waals surface area contributed by atoms with E-state index >= 15 is 0 Å². The van der Waals surface area contributed by atoms with Gasteiger partial charge >= 0.3 is 0 Å². The minimum Gasteiger partial charge on any atom is -0.478 e. The van der Waals surface area contributed by atoms with Crippen molar-refractivity contribution in [1.29, 1.82) is 0 Å². The molecule has 0 radical (unpaired) electrons. The molecule has 32 heavy (non-hydrogen) atoms. The SMILES string of the molecule is Cc1ccc(C(=O)COc2c(-c3ccc(Cl)cc3)oc3cc(C)c(C)cc3c2=O)cc1C. The first-order chi connectivity index (χ1) is 15.2. The normalized spacial score (nSPS) is 11.0. The molecule has 0 aliphatic heterocycles. The molecule has 0 atom stereocenters. The molecule has 0 saturated heterocycles. The topological polar surface area (TPSA) is 56.5 Å². The molecule has 3 aromatic carbocycles. The average molecular weight is 447 g/mol. The van der Waals surface area contributed by atoms with Gasteiger partial charge in [-0.2, -0.15) is 0 Å². The summed E-state index contributed by atoms with van der Waals surface area (Å²) in [7, 11) is 0. The van der Waals surface area contributed by atoms with Crippen molar-refractivity contribution < 1.29 is 13.9 Å². The van der Waals surface area contributed by atoms with Crippen LogP contribution in [-0.4, -0.2) is 12.4 Å². The molecule has 5 heteroatoms. The fourth-order valence-electron chi connectivity index (χ4n) is 3.49. The van der Waals surface area contributed by atoms with E-state index in [2.05, 4.69) is 0 Å². The molecule has 0 saturated carbocycles. The minimum absolute atomic E-state index is 0.0141. The van der Waals surface area contributed by atoms with Crippen molar-refractivity contribution in [3.05, 3.63) is 97.7 Å². The molecular weight excluding hydrogens is 424 g/mol. The molecule has 0 spiro atoms. The maximum absolute atomic E-state index is 13.4. The molecule has 1 aromatic heterocycles. The van der Waals surface area contributed by atoms with Gasteiger partial charge in [-0.15, -0.1) is 0 Å². The van der Waals surface area contributed by atoms with Gasteiger partial charge in [-0.05, 0) is 92.4 Å². The number of ketones is 1. The van der Waals surface area contributed by atoms with Crippen LogP contribution in [0.4, 0.5) is 0 Å². The molecule has 4 rings (SSSR count). The third-order valence-electron chi connectivity index (χ3n) is 5.75. The van der Waals surface area contributed by atoms with Gasteiger partial charge in [0.2, 0.25) is 11.2 Å². The van der Waals surface area contributed by atoms with Crippen molar-refractivity contribution in [3.63, 3.8) is 0 Å². The lowest BCUT2D eigenvalue weighted by atomic mass is 10.0. The molecule has 162 valence electrons. The predicted molar refractivity (Wildman–Crippen MR) is 128 cm³/mol. The highest BCUT2D eigenvalue weighted by Crippen LogP contribution is 2.32. The van der Waals surface area contributed by atoms with Crippen molar-refractivity contribution in [3.8, 4) is 17.1 Å². The number of hydrogen-bond donors (Lipinski definition) is 0. The summed E-state index contributed by atoms with van der Waals surface area (Å²) in [5, 5.41) is 0.982.